The Hall–Kier alpha value is -2.92. The van der Waals surface area contributed by atoms with Crippen LogP contribution in [-0.4, -0.2) is 34.5 Å². The minimum Gasteiger partial charge on any atom is -0.366 e. The van der Waals surface area contributed by atoms with Crippen molar-refractivity contribution in [3.05, 3.63) is 77.6 Å². The Balaban J connectivity index is 1.78. The van der Waals surface area contributed by atoms with Crippen LogP contribution in [0.2, 0.25) is 0 Å². The molecule has 5 nitrogen and oxygen atoms in total. The second kappa shape index (κ2) is 7.32. The molecule has 0 unspecified atom stereocenters. The molecule has 2 aromatic carbocycles. The molecule has 1 amide bonds. The molecule has 128 valence electrons. The fraction of sp³-hybridized carbons (Fsp3) is 0.200. The van der Waals surface area contributed by atoms with Gasteiger partial charge in [0.15, 0.2) is 0 Å². The van der Waals surface area contributed by atoms with Crippen LogP contribution >= 0.6 is 0 Å². The first-order chi connectivity index (χ1) is 12.0. The van der Waals surface area contributed by atoms with Gasteiger partial charge in [0.25, 0.3) is 0 Å². The van der Waals surface area contributed by atoms with Crippen LogP contribution < -0.4 is 5.73 Å². The third-order valence-electron chi connectivity index (χ3n) is 4.02. The molecule has 5 heteroatoms. The van der Waals surface area contributed by atoms with Crippen molar-refractivity contribution in [2.45, 2.75) is 13.1 Å². The zero-order valence-electron chi connectivity index (χ0n) is 14.5. The van der Waals surface area contributed by atoms with Gasteiger partial charge in [-0.15, -0.1) is 0 Å². The van der Waals surface area contributed by atoms with E-state index in [0.29, 0.717) is 5.56 Å². The van der Waals surface area contributed by atoms with Crippen molar-refractivity contribution < 1.29 is 4.79 Å². The molecular weight excluding hydrogens is 312 g/mol. The number of benzene rings is 2. The van der Waals surface area contributed by atoms with Crippen molar-refractivity contribution in [2.75, 3.05) is 14.1 Å². The lowest BCUT2D eigenvalue weighted by molar-refractivity contribution is 0.100. The van der Waals surface area contributed by atoms with E-state index in [-0.39, 0.29) is 0 Å². The van der Waals surface area contributed by atoms with E-state index in [9.17, 15) is 4.79 Å². The second-order valence-electron chi connectivity index (χ2n) is 6.37. The van der Waals surface area contributed by atoms with E-state index in [0.717, 1.165) is 24.5 Å². The highest BCUT2D eigenvalue weighted by atomic mass is 16.1. The van der Waals surface area contributed by atoms with Gasteiger partial charge in [-0.05, 0) is 37.4 Å². The number of imidazole rings is 1. The molecule has 2 N–H and O–H groups in total. The van der Waals surface area contributed by atoms with Crippen molar-refractivity contribution in [1.82, 2.24) is 14.5 Å². The molecule has 1 heterocycles. The van der Waals surface area contributed by atoms with Crippen molar-refractivity contribution in [3.8, 4) is 11.4 Å². The molecule has 0 saturated heterocycles. The first kappa shape index (κ1) is 16.9. The monoisotopic (exact) mass is 334 g/mol. The summed E-state index contributed by atoms with van der Waals surface area (Å²) < 4.78 is 2.10. The number of nitrogens with zero attached hydrogens (tertiary/aromatic N) is 3. The van der Waals surface area contributed by atoms with Crippen molar-refractivity contribution in [1.29, 1.82) is 0 Å². The number of primary amides is 1. The molecule has 0 atom stereocenters. The van der Waals surface area contributed by atoms with Gasteiger partial charge in [0.1, 0.15) is 5.82 Å². The quantitative estimate of drug-likeness (QED) is 0.754. The number of carbonyl (C=O) groups is 1. The number of carbonyl (C=O) groups excluding carboxylic acids is 1. The van der Waals surface area contributed by atoms with Gasteiger partial charge in [-0.3, -0.25) is 4.79 Å². The zero-order chi connectivity index (χ0) is 17.8. The molecule has 0 saturated carbocycles. The number of amides is 1. The van der Waals surface area contributed by atoms with Crippen LogP contribution in [0.5, 0.6) is 0 Å². The van der Waals surface area contributed by atoms with Crippen LogP contribution in [0.4, 0.5) is 0 Å². The van der Waals surface area contributed by atoms with E-state index >= 15 is 0 Å². The molecule has 0 spiro atoms. The molecule has 25 heavy (non-hydrogen) atoms. The molecule has 0 bridgehead atoms. The third-order valence-corrected chi connectivity index (χ3v) is 4.02. The summed E-state index contributed by atoms with van der Waals surface area (Å²) in [5.74, 6) is 0.445. The lowest BCUT2D eigenvalue weighted by Gasteiger charge is -2.11. The van der Waals surface area contributed by atoms with Gasteiger partial charge in [0.2, 0.25) is 5.91 Å². The van der Waals surface area contributed by atoms with Gasteiger partial charge in [-0.2, -0.15) is 0 Å². The van der Waals surface area contributed by atoms with Gasteiger partial charge >= 0.3 is 0 Å². The molecule has 3 aromatic rings. The first-order valence-electron chi connectivity index (χ1n) is 8.17. The van der Waals surface area contributed by atoms with Gasteiger partial charge in [-0.1, -0.05) is 36.4 Å². The molecule has 3 rings (SSSR count). The summed E-state index contributed by atoms with van der Waals surface area (Å²) in [5.41, 5.74) is 9.26. The van der Waals surface area contributed by atoms with Gasteiger partial charge < -0.3 is 15.2 Å². The summed E-state index contributed by atoms with van der Waals surface area (Å²) in [6.07, 6.45) is 3.75. The maximum atomic E-state index is 11.2. The van der Waals surface area contributed by atoms with Gasteiger partial charge in [-0.25, -0.2) is 4.98 Å². The summed E-state index contributed by atoms with van der Waals surface area (Å²) in [6, 6.07) is 15.8. The molecule has 1 aromatic heterocycles. The van der Waals surface area contributed by atoms with E-state index in [2.05, 4.69) is 52.8 Å². The molecule has 0 fully saturated rings. The second-order valence-corrected chi connectivity index (χ2v) is 6.37. The van der Waals surface area contributed by atoms with Crippen LogP contribution in [0, 0.1) is 0 Å². The van der Waals surface area contributed by atoms with E-state index < -0.39 is 5.91 Å². The Kier molecular flexibility index (Phi) is 4.95. The molecule has 0 aliphatic carbocycles. The third kappa shape index (κ3) is 4.14. The largest absolute Gasteiger partial charge is 0.366 e. The van der Waals surface area contributed by atoms with Crippen LogP contribution in [0.25, 0.3) is 11.4 Å². The maximum absolute atomic E-state index is 11.2. The van der Waals surface area contributed by atoms with Crippen molar-refractivity contribution in [3.63, 3.8) is 0 Å². The Morgan fingerprint density at radius 3 is 2.28 bits per heavy atom. The average molecular weight is 334 g/mol. The minimum atomic E-state index is -0.423. The topological polar surface area (TPSA) is 64.2 Å². The lowest BCUT2D eigenvalue weighted by Crippen LogP contribution is -2.10. The van der Waals surface area contributed by atoms with Crippen molar-refractivity contribution >= 4 is 5.91 Å². The van der Waals surface area contributed by atoms with Gasteiger partial charge in [0.05, 0.1) is 0 Å². The van der Waals surface area contributed by atoms with Gasteiger partial charge in [0, 0.05) is 36.6 Å². The number of hydrogen-bond acceptors (Lipinski definition) is 3. The Labute approximate surface area is 147 Å². The first-order valence-corrected chi connectivity index (χ1v) is 8.17. The van der Waals surface area contributed by atoms with E-state index in [1.54, 1.807) is 18.3 Å². The predicted molar refractivity (Wildman–Crippen MR) is 99.1 cm³/mol. The number of hydrogen-bond donors (Lipinski definition) is 1. The SMILES string of the molecule is CN(C)Cc1ccc(Cn2ccnc2-c2ccc(C(N)=O)cc2)cc1. The Morgan fingerprint density at radius 2 is 1.68 bits per heavy atom. The number of rotatable bonds is 6. The fourth-order valence-corrected chi connectivity index (χ4v) is 2.79. The van der Waals surface area contributed by atoms with Crippen LogP contribution in [0.3, 0.4) is 0 Å². The summed E-state index contributed by atoms with van der Waals surface area (Å²) in [5, 5.41) is 0. The number of nitrogens with two attached hydrogens (primary N) is 1. The molecule has 0 aliphatic rings. The number of aromatic nitrogens is 2. The highest BCUT2D eigenvalue weighted by molar-refractivity contribution is 5.93. The smallest absolute Gasteiger partial charge is 0.248 e. The van der Waals surface area contributed by atoms with Crippen LogP contribution in [-0.2, 0) is 13.1 Å². The summed E-state index contributed by atoms with van der Waals surface area (Å²) in [7, 11) is 4.13. The predicted octanol–water partition coefficient (Wildman–Crippen LogP) is 2.76. The summed E-state index contributed by atoms with van der Waals surface area (Å²) in [6.45, 7) is 1.68. The standard InChI is InChI=1S/C20H22N4O/c1-23(2)13-15-3-5-16(6-4-15)14-24-12-11-22-20(24)18-9-7-17(8-10-18)19(21)25/h3-12H,13-14H2,1-2H3,(H2,21,25). The highest BCUT2D eigenvalue weighted by Gasteiger charge is 2.08. The van der Waals surface area contributed by atoms with Crippen molar-refractivity contribution in [2.24, 2.45) is 5.73 Å². The molecule has 0 radical (unpaired) electrons. The summed E-state index contributed by atoms with van der Waals surface area (Å²) >= 11 is 0. The Morgan fingerprint density at radius 1 is 1.04 bits per heavy atom. The maximum Gasteiger partial charge on any atom is 0.248 e. The van der Waals surface area contributed by atoms with E-state index in [1.165, 1.54) is 11.1 Å². The van der Waals surface area contributed by atoms with Crippen LogP contribution in [0.15, 0.2) is 60.9 Å². The van der Waals surface area contributed by atoms with E-state index in [4.69, 9.17) is 5.73 Å². The molecular formula is C20H22N4O. The molecule has 0 aliphatic heterocycles. The minimum absolute atomic E-state index is 0.423. The summed E-state index contributed by atoms with van der Waals surface area (Å²) in [4.78, 5) is 17.8. The lowest BCUT2D eigenvalue weighted by atomic mass is 10.1. The zero-order valence-corrected chi connectivity index (χ0v) is 14.5. The Bertz CT molecular complexity index is 848. The fourth-order valence-electron chi connectivity index (χ4n) is 2.79. The highest BCUT2D eigenvalue weighted by Crippen LogP contribution is 2.19. The van der Waals surface area contributed by atoms with Crippen LogP contribution in [0.1, 0.15) is 21.5 Å². The normalized spacial score (nSPS) is 11.0. The van der Waals surface area contributed by atoms with E-state index in [1.807, 2.05) is 18.3 Å². The average Bonchev–Trinajstić information content (AvgIpc) is 3.04.